The number of likely N-dealkylation sites (N-methyl/N-ethyl adjacent to an activating group) is 1. The fourth-order valence-electron chi connectivity index (χ4n) is 4.24. The number of urea groups is 1. The highest BCUT2D eigenvalue weighted by molar-refractivity contribution is 6.35. The number of hydrogen-bond acceptors (Lipinski definition) is 2. The average Bonchev–Trinajstić information content (AvgIpc) is 2.97. The Hall–Kier alpha value is -1.72. The van der Waals surface area contributed by atoms with Gasteiger partial charge in [-0.05, 0) is 30.5 Å². The second kappa shape index (κ2) is 6.78. The van der Waals surface area contributed by atoms with Crippen LogP contribution in [0.3, 0.4) is 0 Å². The minimum atomic E-state index is -0.542. The number of halogens is 2. The molecule has 3 amide bonds. The fourth-order valence-corrected chi connectivity index (χ4v) is 4.76. The second-order valence-electron chi connectivity index (χ2n) is 7.19. The average molecular weight is 394 g/mol. The van der Waals surface area contributed by atoms with Crippen LogP contribution in [0.5, 0.6) is 0 Å². The van der Waals surface area contributed by atoms with Crippen molar-refractivity contribution in [3.05, 3.63) is 45.1 Å². The molecule has 3 aliphatic rings. The molecule has 0 bridgehead atoms. The van der Waals surface area contributed by atoms with Crippen LogP contribution < -0.4 is 5.32 Å². The molecule has 2 heterocycles. The van der Waals surface area contributed by atoms with Crippen LogP contribution >= 0.6 is 23.2 Å². The van der Waals surface area contributed by atoms with E-state index >= 15 is 0 Å². The molecular weight excluding hydrogens is 373 g/mol. The molecule has 1 atom stereocenters. The number of nitrogens with one attached hydrogen (secondary N) is 1. The molecule has 0 aromatic heterocycles. The van der Waals surface area contributed by atoms with Crippen LogP contribution in [0.4, 0.5) is 4.79 Å². The molecule has 1 saturated carbocycles. The van der Waals surface area contributed by atoms with E-state index in [0.717, 1.165) is 31.4 Å². The predicted octanol–water partition coefficient (Wildman–Crippen LogP) is 4.12. The highest BCUT2D eigenvalue weighted by Crippen LogP contribution is 2.40. The molecule has 1 aliphatic carbocycles. The summed E-state index contributed by atoms with van der Waals surface area (Å²) in [6.45, 7) is 0.491. The first-order chi connectivity index (χ1) is 12.5. The van der Waals surface area contributed by atoms with Crippen molar-refractivity contribution in [1.29, 1.82) is 0 Å². The van der Waals surface area contributed by atoms with Crippen LogP contribution in [0.25, 0.3) is 0 Å². The number of nitrogens with zero attached hydrogens (tertiary/aromatic N) is 2. The van der Waals surface area contributed by atoms with Gasteiger partial charge in [-0.3, -0.25) is 9.69 Å². The van der Waals surface area contributed by atoms with Crippen molar-refractivity contribution < 1.29 is 9.59 Å². The molecule has 1 fully saturated rings. The molecule has 0 unspecified atom stereocenters. The van der Waals surface area contributed by atoms with E-state index < -0.39 is 6.04 Å². The third-order valence-corrected chi connectivity index (χ3v) is 6.24. The Labute approximate surface area is 162 Å². The number of amides is 3. The smallest absolute Gasteiger partial charge is 0.322 e. The van der Waals surface area contributed by atoms with Crippen molar-refractivity contribution in [2.45, 2.75) is 44.2 Å². The second-order valence-corrected chi connectivity index (χ2v) is 8.04. The van der Waals surface area contributed by atoms with Crippen molar-refractivity contribution in [2.24, 2.45) is 0 Å². The number of carbonyl (C=O) groups is 2. The summed E-state index contributed by atoms with van der Waals surface area (Å²) < 4.78 is 0. The maximum absolute atomic E-state index is 13.3. The van der Waals surface area contributed by atoms with E-state index in [1.165, 1.54) is 6.42 Å². The van der Waals surface area contributed by atoms with Crippen molar-refractivity contribution in [1.82, 2.24) is 15.1 Å². The highest BCUT2D eigenvalue weighted by atomic mass is 35.5. The molecule has 4 rings (SSSR count). The van der Waals surface area contributed by atoms with Crippen LogP contribution in [0.1, 0.15) is 43.7 Å². The minimum absolute atomic E-state index is 0.00904. The quantitative estimate of drug-likeness (QED) is 0.821. The Morgan fingerprint density at radius 1 is 1.12 bits per heavy atom. The van der Waals surface area contributed by atoms with E-state index in [2.05, 4.69) is 5.32 Å². The first-order valence-corrected chi connectivity index (χ1v) is 9.76. The van der Waals surface area contributed by atoms with Gasteiger partial charge in [0.25, 0.3) is 5.91 Å². The van der Waals surface area contributed by atoms with Gasteiger partial charge < -0.3 is 10.2 Å². The van der Waals surface area contributed by atoms with E-state index in [-0.39, 0.29) is 18.0 Å². The van der Waals surface area contributed by atoms with Crippen LogP contribution in [0, 0.1) is 0 Å². The zero-order valence-electron chi connectivity index (χ0n) is 14.6. The summed E-state index contributed by atoms with van der Waals surface area (Å²) in [5, 5.41) is 3.89. The highest BCUT2D eigenvalue weighted by Gasteiger charge is 2.45. The summed E-state index contributed by atoms with van der Waals surface area (Å²) in [5.74, 6) is 0.00904. The van der Waals surface area contributed by atoms with Crippen LogP contribution in [0.2, 0.25) is 10.0 Å². The number of hydrogen-bond donors (Lipinski definition) is 1. The summed E-state index contributed by atoms with van der Waals surface area (Å²) in [7, 11) is 1.71. The van der Waals surface area contributed by atoms with Gasteiger partial charge in [0.05, 0.1) is 23.9 Å². The molecule has 0 spiro atoms. The molecule has 1 N–H and O–H groups in total. The van der Waals surface area contributed by atoms with Crippen LogP contribution in [0.15, 0.2) is 29.5 Å². The first kappa shape index (κ1) is 17.7. The molecule has 2 aliphatic heterocycles. The summed E-state index contributed by atoms with van der Waals surface area (Å²) in [6, 6.07) is 4.64. The van der Waals surface area contributed by atoms with Crippen molar-refractivity contribution >= 4 is 35.1 Å². The normalized spacial score (nSPS) is 24.2. The van der Waals surface area contributed by atoms with E-state index in [1.54, 1.807) is 30.1 Å². The molecule has 5 nitrogen and oxygen atoms in total. The molecule has 138 valence electrons. The molecular formula is C19H21Cl2N3O2. The van der Waals surface area contributed by atoms with Gasteiger partial charge in [0.15, 0.2) is 0 Å². The fraction of sp³-hybridized carbons (Fsp3) is 0.474. The standard InChI is InChI=1S/C19H21Cl2N3O2/c1-23-15-10-24(12-5-3-2-4-6-12)18(25)16(15)17(22-19(23)26)13-8-7-11(20)9-14(13)21/h7-9,12,17H,2-6,10H2,1H3,(H,22,26)/t17-/m1/s1. The Bertz CT molecular complexity index is 802. The number of carbonyl (C=O) groups excluding carboxylic acids is 2. The largest absolute Gasteiger partial charge is 0.330 e. The first-order valence-electron chi connectivity index (χ1n) is 9.00. The van der Waals surface area contributed by atoms with Crippen molar-refractivity contribution in [3.8, 4) is 0 Å². The maximum atomic E-state index is 13.3. The van der Waals surface area contributed by atoms with Gasteiger partial charge in [-0.25, -0.2) is 4.79 Å². The third kappa shape index (κ3) is 2.87. The zero-order chi connectivity index (χ0) is 18.4. The Morgan fingerprint density at radius 3 is 2.54 bits per heavy atom. The maximum Gasteiger partial charge on any atom is 0.322 e. The molecule has 0 saturated heterocycles. The molecule has 26 heavy (non-hydrogen) atoms. The van der Waals surface area contributed by atoms with Crippen molar-refractivity contribution in [3.63, 3.8) is 0 Å². The number of benzene rings is 1. The van der Waals surface area contributed by atoms with Gasteiger partial charge in [0.1, 0.15) is 0 Å². The summed E-state index contributed by atoms with van der Waals surface area (Å²) >= 11 is 12.4. The summed E-state index contributed by atoms with van der Waals surface area (Å²) in [5.41, 5.74) is 2.10. The van der Waals surface area contributed by atoms with Crippen LogP contribution in [-0.4, -0.2) is 41.4 Å². The predicted molar refractivity (Wildman–Crippen MR) is 101 cm³/mol. The van der Waals surface area contributed by atoms with Gasteiger partial charge in [-0.15, -0.1) is 0 Å². The SMILES string of the molecule is CN1C(=O)N[C@H](c2ccc(Cl)cc2Cl)C2=C1CN(C1CCCCC1)C2=O. The minimum Gasteiger partial charge on any atom is -0.330 e. The lowest BCUT2D eigenvalue weighted by Crippen LogP contribution is -2.45. The molecule has 1 aromatic rings. The lowest BCUT2D eigenvalue weighted by Gasteiger charge is -2.31. The lowest BCUT2D eigenvalue weighted by molar-refractivity contribution is -0.128. The number of rotatable bonds is 2. The lowest BCUT2D eigenvalue weighted by atomic mass is 9.93. The van der Waals surface area contributed by atoms with E-state index in [4.69, 9.17) is 23.2 Å². The molecule has 1 aromatic carbocycles. The third-order valence-electron chi connectivity index (χ3n) is 5.68. The van der Waals surface area contributed by atoms with Crippen molar-refractivity contribution in [2.75, 3.05) is 13.6 Å². The van der Waals surface area contributed by atoms with Crippen LogP contribution in [-0.2, 0) is 4.79 Å². The van der Waals surface area contributed by atoms with E-state index in [0.29, 0.717) is 27.7 Å². The Kier molecular flexibility index (Phi) is 4.61. The van der Waals surface area contributed by atoms with E-state index in [1.807, 2.05) is 4.90 Å². The summed E-state index contributed by atoms with van der Waals surface area (Å²) in [4.78, 5) is 29.2. The molecule has 0 radical (unpaired) electrons. The Morgan fingerprint density at radius 2 is 1.85 bits per heavy atom. The summed E-state index contributed by atoms with van der Waals surface area (Å²) in [6.07, 6.45) is 5.60. The zero-order valence-corrected chi connectivity index (χ0v) is 16.1. The van der Waals surface area contributed by atoms with Gasteiger partial charge in [0, 0.05) is 23.1 Å². The van der Waals surface area contributed by atoms with E-state index in [9.17, 15) is 9.59 Å². The van der Waals surface area contributed by atoms with Gasteiger partial charge in [0.2, 0.25) is 0 Å². The topological polar surface area (TPSA) is 52.7 Å². The molecule has 7 heteroatoms. The van der Waals surface area contributed by atoms with Gasteiger partial charge in [-0.1, -0.05) is 48.5 Å². The Balaban J connectivity index is 1.72. The van der Waals surface area contributed by atoms with Gasteiger partial charge in [-0.2, -0.15) is 0 Å². The monoisotopic (exact) mass is 393 g/mol. The van der Waals surface area contributed by atoms with Gasteiger partial charge >= 0.3 is 6.03 Å².